The van der Waals surface area contributed by atoms with Crippen LogP contribution in [0.25, 0.3) is 10.9 Å². The molecule has 4 rings (SSSR count). The number of aromatic amines is 1. The maximum Gasteiger partial charge on any atom is 0.268 e. The van der Waals surface area contributed by atoms with E-state index in [1.165, 1.54) is 0 Å². The van der Waals surface area contributed by atoms with Gasteiger partial charge >= 0.3 is 0 Å². The predicted molar refractivity (Wildman–Crippen MR) is 93.3 cm³/mol. The molecular weight excluding hydrogens is 320 g/mol. The first-order valence-electron chi connectivity index (χ1n) is 7.99. The van der Waals surface area contributed by atoms with E-state index >= 15 is 0 Å². The largest absolute Gasteiger partial charge is 0.497 e. The second-order valence-corrected chi connectivity index (χ2v) is 5.91. The summed E-state index contributed by atoms with van der Waals surface area (Å²) in [5.41, 5.74) is 3.31. The number of nitrogens with one attached hydrogen (secondary N) is 2. The summed E-state index contributed by atoms with van der Waals surface area (Å²) in [4.78, 5) is 15.7. The molecule has 25 heavy (non-hydrogen) atoms. The van der Waals surface area contributed by atoms with Crippen molar-refractivity contribution in [1.82, 2.24) is 10.3 Å². The maximum absolute atomic E-state index is 12.6. The number of benzene rings is 2. The Bertz CT molecular complexity index is 961. The Kier molecular flexibility index (Phi) is 3.72. The SMILES string of the molecule is COc1ccc2c(C)c(C(=O)NCc3ccc4c(c3)OCO4)[nH]c2c1. The number of aryl methyl sites for hydroxylation is 1. The van der Waals surface area contributed by atoms with E-state index in [-0.39, 0.29) is 12.7 Å². The Hall–Kier alpha value is -3.15. The standard InChI is InChI=1S/C19H18N2O4/c1-11-14-5-4-13(23-2)8-15(14)21-18(11)19(22)20-9-12-3-6-16-17(7-12)25-10-24-16/h3-8,21H,9-10H2,1-2H3,(H,20,22). The maximum atomic E-state index is 12.6. The van der Waals surface area contributed by atoms with Gasteiger partial charge in [-0.2, -0.15) is 0 Å². The van der Waals surface area contributed by atoms with Crippen LogP contribution in [0.15, 0.2) is 36.4 Å². The van der Waals surface area contributed by atoms with Crippen LogP contribution in [-0.4, -0.2) is 24.8 Å². The fourth-order valence-electron chi connectivity index (χ4n) is 2.99. The van der Waals surface area contributed by atoms with Gasteiger partial charge in [0.15, 0.2) is 11.5 Å². The van der Waals surface area contributed by atoms with E-state index in [0.29, 0.717) is 18.0 Å². The minimum absolute atomic E-state index is 0.148. The van der Waals surface area contributed by atoms with Crippen LogP contribution in [0.1, 0.15) is 21.6 Å². The van der Waals surface area contributed by atoms with E-state index in [4.69, 9.17) is 14.2 Å². The highest BCUT2D eigenvalue weighted by Gasteiger charge is 2.16. The van der Waals surface area contributed by atoms with E-state index in [0.717, 1.165) is 33.5 Å². The van der Waals surface area contributed by atoms with E-state index in [1.807, 2.05) is 43.3 Å². The van der Waals surface area contributed by atoms with Crippen molar-refractivity contribution in [2.45, 2.75) is 13.5 Å². The highest BCUT2D eigenvalue weighted by molar-refractivity contribution is 6.01. The van der Waals surface area contributed by atoms with Crippen molar-refractivity contribution in [1.29, 1.82) is 0 Å². The molecule has 6 heteroatoms. The van der Waals surface area contributed by atoms with Gasteiger partial charge in [0.25, 0.3) is 5.91 Å². The lowest BCUT2D eigenvalue weighted by molar-refractivity contribution is 0.0946. The molecule has 1 amide bonds. The van der Waals surface area contributed by atoms with E-state index in [1.54, 1.807) is 7.11 Å². The third kappa shape index (κ3) is 2.76. The minimum atomic E-state index is -0.148. The molecular formula is C19H18N2O4. The van der Waals surface area contributed by atoms with Crippen molar-refractivity contribution in [3.63, 3.8) is 0 Å². The zero-order valence-corrected chi connectivity index (χ0v) is 14.0. The van der Waals surface area contributed by atoms with E-state index in [2.05, 4.69) is 10.3 Å². The van der Waals surface area contributed by atoms with Crippen LogP contribution in [-0.2, 0) is 6.54 Å². The molecule has 128 valence electrons. The first-order valence-corrected chi connectivity index (χ1v) is 7.99. The van der Waals surface area contributed by atoms with Gasteiger partial charge in [0, 0.05) is 23.5 Å². The number of rotatable bonds is 4. The normalized spacial score (nSPS) is 12.4. The Labute approximate surface area is 144 Å². The third-order valence-corrected chi connectivity index (χ3v) is 4.38. The van der Waals surface area contributed by atoms with Gasteiger partial charge in [-0.15, -0.1) is 0 Å². The zero-order chi connectivity index (χ0) is 17.4. The average Bonchev–Trinajstić information content (AvgIpc) is 3.23. The number of carbonyl (C=O) groups is 1. The Morgan fingerprint density at radius 3 is 2.88 bits per heavy atom. The van der Waals surface area contributed by atoms with Gasteiger partial charge in [-0.1, -0.05) is 6.07 Å². The van der Waals surface area contributed by atoms with E-state index < -0.39 is 0 Å². The van der Waals surface area contributed by atoms with Crippen molar-refractivity contribution in [2.24, 2.45) is 0 Å². The van der Waals surface area contributed by atoms with Crippen molar-refractivity contribution in [2.75, 3.05) is 13.9 Å². The van der Waals surface area contributed by atoms with Gasteiger partial charge in [0.2, 0.25) is 6.79 Å². The van der Waals surface area contributed by atoms with Gasteiger partial charge in [-0.3, -0.25) is 4.79 Å². The van der Waals surface area contributed by atoms with Gasteiger partial charge in [-0.05, 0) is 42.3 Å². The molecule has 0 fully saturated rings. The lowest BCUT2D eigenvalue weighted by Gasteiger charge is -2.06. The summed E-state index contributed by atoms with van der Waals surface area (Å²) in [5.74, 6) is 2.04. The lowest BCUT2D eigenvalue weighted by atomic mass is 10.1. The van der Waals surface area contributed by atoms with Crippen molar-refractivity contribution < 1.29 is 19.0 Å². The van der Waals surface area contributed by atoms with Gasteiger partial charge in [0.1, 0.15) is 11.4 Å². The van der Waals surface area contributed by atoms with Crippen molar-refractivity contribution in [3.05, 3.63) is 53.2 Å². The van der Waals surface area contributed by atoms with Crippen LogP contribution in [0.4, 0.5) is 0 Å². The first-order chi connectivity index (χ1) is 12.2. The molecule has 1 aliphatic heterocycles. The number of H-pyrrole nitrogens is 1. The second-order valence-electron chi connectivity index (χ2n) is 5.91. The van der Waals surface area contributed by atoms with E-state index in [9.17, 15) is 4.79 Å². The lowest BCUT2D eigenvalue weighted by Crippen LogP contribution is -2.23. The smallest absolute Gasteiger partial charge is 0.268 e. The monoisotopic (exact) mass is 338 g/mol. The third-order valence-electron chi connectivity index (χ3n) is 4.38. The molecule has 0 saturated carbocycles. The highest BCUT2D eigenvalue weighted by Crippen LogP contribution is 2.32. The van der Waals surface area contributed by atoms with Crippen LogP contribution in [0, 0.1) is 6.92 Å². The summed E-state index contributed by atoms with van der Waals surface area (Å²) in [7, 11) is 1.62. The zero-order valence-electron chi connectivity index (χ0n) is 14.0. The molecule has 3 aromatic rings. The van der Waals surface area contributed by atoms with Crippen LogP contribution >= 0.6 is 0 Å². The van der Waals surface area contributed by atoms with Crippen molar-refractivity contribution >= 4 is 16.8 Å². The molecule has 2 aromatic carbocycles. The van der Waals surface area contributed by atoms with Crippen LogP contribution < -0.4 is 19.5 Å². The Morgan fingerprint density at radius 2 is 2.04 bits per heavy atom. The second kappa shape index (κ2) is 6.05. The quantitative estimate of drug-likeness (QED) is 0.766. The number of fused-ring (bicyclic) bond motifs is 2. The number of hydrogen-bond acceptors (Lipinski definition) is 4. The molecule has 1 aromatic heterocycles. The van der Waals surface area contributed by atoms with Crippen LogP contribution in [0.5, 0.6) is 17.2 Å². The molecule has 1 aliphatic rings. The first kappa shape index (κ1) is 15.4. The predicted octanol–water partition coefficient (Wildman–Crippen LogP) is 3.14. The molecule has 6 nitrogen and oxygen atoms in total. The topological polar surface area (TPSA) is 72.6 Å². The van der Waals surface area contributed by atoms with Gasteiger partial charge in [0.05, 0.1) is 7.11 Å². The molecule has 0 spiro atoms. The van der Waals surface area contributed by atoms with Crippen molar-refractivity contribution in [3.8, 4) is 17.2 Å². The fraction of sp³-hybridized carbons (Fsp3) is 0.211. The summed E-state index contributed by atoms with van der Waals surface area (Å²) in [6.45, 7) is 2.58. The summed E-state index contributed by atoms with van der Waals surface area (Å²) >= 11 is 0. The number of amides is 1. The van der Waals surface area contributed by atoms with Gasteiger partial charge in [-0.25, -0.2) is 0 Å². The molecule has 0 aliphatic carbocycles. The Balaban J connectivity index is 1.53. The number of ether oxygens (including phenoxy) is 3. The Morgan fingerprint density at radius 1 is 1.20 bits per heavy atom. The fourth-order valence-corrected chi connectivity index (χ4v) is 2.99. The highest BCUT2D eigenvalue weighted by atomic mass is 16.7. The number of carbonyl (C=O) groups excluding carboxylic acids is 1. The van der Waals surface area contributed by atoms with Gasteiger partial charge < -0.3 is 24.5 Å². The summed E-state index contributed by atoms with van der Waals surface area (Å²) in [6, 6.07) is 11.4. The molecule has 2 N–H and O–H groups in total. The molecule has 0 atom stereocenters. The summed E-state index contributed by atoms with van der Waals surface area (Å²) < 4.78 is 15.9. The minimum Gasteiger partial charge on any atom is -0.497 e. The number of aromatic nitrogens is 1. The summed E-state index contributed by atoms with van der Waals surface area (Å²) in [5, 5.41) is 3.95. The average molecular weight is 338 g/mol. The number of hydrogen-bond donors (Lipinski definition) is 2. The van der Waals surface area contributed by atoms with Crippen LogP contribution in [0.2, 0.25) is 0 Å². The molecule has 0 unspecified atom stereocenters. The molecule has 0 saturated heterocycles. The molecule has 2 heterocycles. The summed E-state index contributed by atoms with van der Waals surface area (Å²) in [6.07, 6.45) is 0. The molecule has 0 radical (unpaired) electrons. The number of methoxy groups -OCH3 is 1. The van der Waals surface area contributed by atoms with Crippen LogP contribution in [0.3, 0.4) is 0 Å². The molecule has 0 bridgehead atoms.